The number of aryl methyl sites for hydroxylation is 1. The molecule has 3 heteroatoms. The van der Waals surface area contributed by atoms with E-state index >= 15 is 0 Å². The first-order chi connectivity index (χ1) is 9.10. The summed E-state index contributed by atoms with van der Waals surface area (Å²) in [5, 5.41) is 22.2. The summed E-state index contributed by atoms with van der Waals surface area (Å²) in [6.07, 6.45) is 0.637. The lowest BCUT2D eigenvalue weighted by Crippen LogP contribution is -2.47. The summed E-state index contributed by atoms with van der Waals surface area (Å²) in [6, 6.07) is 15.3. The molecule has 0 aromatic heterocycles. The van der Waals surface area contributed by atoms with Crippen LogP contribution in [0.2, 0.25) is 0 Å². The van der Waals surface area contributed by atoms with Gasteiger partial charge in [-0.1, -0.05) is 61.5 Å². The minimum Gasteiger partial charge on any atom is -0.546 e. The lowest BCUT2D eigenvalue weighted by Gasteiger charge is -2.32. The number of carbonyl (C=O) groups excluding carboxylic acids is 1. The smallest absolute Gasteiger partial charge is 0.154 e. The molecule has 0 aliphatic heterocycles. The highest BCUT2D eigenvalue weighted by atomic mass is 16.4. The topological polar surface area (TPSA) is 60.4 Å². The Hall–Kier alpha value is -2.13. The second-order valence-electron chi connectivity index (χ2n) is 4.37. The van der Waals surface area contributed by atoms with E-state index in [1.165, 1.54) is 0 Å². The second-order valence-corrected chi connectivity index (χ2v) is 4.37. The number of carboxylic acids is 1. The molecule has 0 spiro atoms. The van der Waals surface area contributed by atoms with E-state index in [4.69, 9.17) is 0 Å². The van der Waals surface area contributed by atoms with Crippen LogP contribution in [-0.4, -0.2) is 11.1 Å². The van der Waals surface area contributed by atoms with Crippen LogP contribution in [0.1, 0.15) is 23.6 Å². The van der Waals surface area contributed by atoms with Crippen LogP contribution in [0.5, 0.6) is 0 Å². The molecule has 0 fully saturated rings. The monoisotopic (exact) mass is 255 g/mol. The molecule has 0 aliphatic rings. The Kier molecular flexibility index (Phi) is 3.67. The fraction of sp³-hybridized carbons (Fsp3) is 0.188. The molecule has 3 nitrogen and oxygen atoms in total. The minimum atomic E-state index is -2.12. The summed E-state index contributed by atoms with van der Waals surface area (Å²) in [5.74, 6) is -1.51. The average molecular weight is 255 g/mol. The summed E-state index contributed by atoms with van der Waals surface area (Å²) in [7, 11) is 0. The fourth-order valence-corrected chi connectivity index (χ4v) is 2.24. The quantitative estimate of drug-likeness (QED) is 0.894. The van der Waals surface area contributed by atoms with Crippen molar-refractivity contribution in [3.63, 3.8) is 0 Å². The summed E-state index contributed by atoms with van der Waals surface area (Å²) in [5.41, 5.74) is -0.661. The van der Waals surface area contributed by atoms with Crippen molar-refractivity contribution in [2.45, 2.75) is 18.9 Å². The van der Waals surface area contributed by atoms with Crippen molar-refractivity contribution in [3.05, 3.63) is 71.3 Å². The van der Waals surface area contributed by atoms with Gasteiger partial charge in [-0.3, -0.25) is 0 Å². The van der Waals surface area contributed by atoms with Gasteiger partial charge in [-0.05, 0) is 23.1 Å². The summed E-state index contributed by atoms with van der Waals surface area (Å²) in [4.78, 5) is 11.5. The van der Waals surface area contributed by atoms with Crippen LogP contribution in [0.4, 0.5) is 0 Å². The van der Waals surface area contributed by atoms with Gasteiger partial charge in [0.05, 0.1) is 5.97 Å². The second kappa shape index (κ2) is 5.24. The molecule has 98 valence electrons. The highest BCUT2D eigenvalue weighted by Gasteiger charge is 2.34. The van der Waals surface area contributed by atoms with Gasteiger partial charge in [-0.2, -0.15) is 0 Å². The first kappa shape index (κ1) is 13.3. The zero-order valence-corrected chi connectivity index (χ0v) is 10.7. The van der Waals surface area contributed by atoms with Gasteiger partial charge >= 0.3 is 0 Å². The Labute approximate surface area is 112 Å². The third-order valence-electron chi connectivity index (χ3n) is 3.28. The molecule has 0 saturated heterocycles. The van der Waals surface area contributed by atoms with E-state index in [0.29, 0.717) is 17.5 Å². The molecule has 2 aromatic rings. The fourth-order valence-electron chi connectivity index (χ4n) is 2.24. The van der Waals surface area contributed by atoms with Gasteiger partial charge in [-0.15, -0.1) is 0 Å². The average Bonchev–Trinajstić information content (AvgIpc) is 2.47. The maximum atomic E-state index is 11.5. The van der Waals surface area contributed by atoms with Crippen LogP contribution in [0, 0.1) is 0 Å². The Morgan fingerprint density at radius 3 is 2.26 bits per heavy atom. The molecular weight excluding hydrogens is 240 g/mol. The Morgan fingerprint density at radius 2 is 1.68 bits per heavy atom. The van der Waals surface area contributed by atoms with Crippen LogP contribution in [0.15, 0.2) is 54.6 Å². The first-order valence-electron chi connectivity index (χ1n) is 6.18. The van der Waals surface area contributed by atoms with E-state index in [-0.39, 0.29) is 0 Å². The predicted octanol–water partition coefficient (Wildman–Crippen LogP) is 1.23. The molecule has 1 N–H and O–H groups in total. The number of rotatable bonds is 4. The molecule has 1 atom stereocenters. The van der Waals surface area contributed by atoms with Crippen LogP contribution >= 0.6 is 0 Å². The maximum Gasteiger partial charge on any atom is 0.154 e. The van der Waals surface area contributed by atoms with Crippen molar-refractivity contribution < 1.29 is 15.0 Å². The largest absolute Gasteiger partial charge is 0.546 e. The van der Waals surface area contributed by atoms with Gasteiger partial charge in [0.1, 0.15) is 0 Å². The Morgan fingerprint density at radius 1 is 1.11 bits per heavy atom. The first-order valence-corrected chi connectivity index (χ1v) is 6.18. The van der Waals surface area contributed by atoms with Gasteiger partial charge in [0.15, 0.2) is 5.60 Å². The summed E-state index contributed by atoms with van der Waals surface area (Å²) in [6.45, 7) is 1.92. The van der Waals surface area contributed by atoms with Gasteiger partial charge < -0.3 is 15.0 Å². The predicted molar refractivity (Wildman–Crippen MR) is 70.3 cm³/mol. The standard InChI is InChI=1S/C16H16O3/c1-2-12-8-6-7-11-14(12)16(19,15(17)18)13-9-4-3-5-10-13/h3-11,19H,2H2,1H3,(H,17,18)/p-1. The molecule has 2 aromatic carbocycles. The SMILES string of the molecule is CCc1ccccc1C(O)(C(=O)[O-])c1ccccc1. The van der Waals surface area contributed by atoms with Gasteiger partial charge in [0, 0.05) is 0 Å². The molecule has 0 bridgehead atoms. The van der Waals surface area contributed by atoms with Crippen LogP contribution in [-0.2, 0) is 16.8 Å². The van der Waals surface area contributed by atoms with Crippen molar-refractivity contribution >= 4 is 5.97 Å². The summed E-state index contributed by atoms with van der Waals surface area (Å²) >= 11 is 0. The molecule has 0 aliphatic carbocycles. The normalized spacial score (nSPS) is 13.8. The summed E-state index contributed by atoms with van der Waals surface area (Å²) < 4.78 is 0. The number of aliphatic hydroxyl groups is 1. The molecule has 1 unspecified atom stereocenters. The maximum absolute atomic E-state index is 11.5. The number of hydrogen-bond acceptors (Lipinski definition) is 3. The van der Waals surface area contributed by atoms with E-state index in [9.17, 15) is 15.0 Å². The molecule has 19 heavy (non-hydrogen) atoms. The zero-order valence-electron chi connectivity index (χ0n) is 10.7. The lowest BCUT2D eigenvalue weighted by atomic mass is 9.83. The number of aliphatic carboxylic acids is 1. The molecule has 2 rings (SSSR count). The van der Waals surface area contributed by atoms with Crippen molar-refractivity contribution in [1.29, 1.82) is 0 Å². The van der Waals surface area contributed by atoms with Crippen LogP contribution in [0.3, 0.4) is 0 Å². The Balaban J connectivity index is 2.67. The number of benzene rings is 2. The van der Waals surface area contributed by atoms with Crippen LogP contribution in [0.25, 0.3) is 0 Å². The number of carboxylic acid groups (broad SMARTS) is 1. The third-order valence-corrected chi connectivity index (χ3v) is 3.28. The molecule has 0 amide bonds. The van der Waals surface area contributed by atoms with E-state index in [1.54, 1.807) is 42.5 Å². The molecule has 0 radical (unpaired) electrons. The van der Waals surface area contributed by atoms with E-state index in [0.717, 1.165) is 5.56 Å². The molecule has 0 heterocycles. The van der Waals surface area contributed by atoms with Crippen molar-refractivity contribution in [3.8, 4) is 0 Å². The molecular formula is C16H15O3-. The van der Waals surface area contributed by atoms with E-state index in [1.807, 2.05) is 19.1 Å². The van der Waals surface area contributed by atoms with Crippen LogP contribution < -0.4 is 5.11 Å². The number of carbonyl (C=O) groups is 1. The lowest BCUT2D eigenvalue weighted by molar-refractivity contribution is -0.322. The minimum absolute atomic E-state index is 0.302. The highest BCUT2D eigenvalue weighted by molar-refractivity contribution is 5.82. The molecule has 0 saturated carbocycles. The van der Waals surface area contributed by atoms with Gasteiger partial charge in [0.2, 0.25) is 0 Å². The van der Waals surface area contributed by atoms with Crippen molar-refractivity contribution in [2.24, 2.45) is 0 Å². The Bertz CT molecular complexity index is 578. The number of hydrogen-bond donors (Lipinski definition) is 1. The van der Waals surface area contributed by atoms with Crippen molar-refractivity contribution in [1.82, 2.24) is 0 Å². The van der Waals surface area contributed by atoms with Gasteiger partial charge in [-0.25, -0.2) is 0 Å². The van der Waals surface area contributed by atoms with E-state index in [2.05, 4.69) is 0 Å². The highest BCUT2D eigenvalue weighted by Crippen LogP contribution is 2.31. The van der Waals surface area contributed by atoms with E-state index < -0.39 is 11.6 Å². The van der Waals surface area contributed by atoms with Gasteiger partial charge in [0.25, 0.3) is 0 Å². The van der Waals surface area contributed by atoms with Crippen molar-refractivity contribution in [2.75, 3.05) is 0 Å². The third kappa shape index (κ3) is 2.25. The zero-order chi connectivity index (χ0) is 13.9.